The number of ether oxygens (including phenoxy) is 1. The minimum atomic E-state index is -0.730. The second kappa shape index (κ2) is 5.12. The van der Waals surface area contributed by atoms with Crippen molar-refractivity contribution in [2.75, 3.05) is 19.8 Å². The highest BCUT2D eigenvalue weighted by Gasteiger charge is 2.39. The van der Waals surface area contributed by atoms with Gasteiger partial charge in [0.2, 0.25) is 0 Å². The van der Waals surface area contributed by atoms with Crippen molar-refractivity contribution in [3.63, 3.8) is 0 Å². The molecule has 0 saturated carbocycles. The van der Waals surface area contributed by atoms with Gasteiger partial charge in [0.15, 0.2) is 0 Å². The van der Waals surface area contributed by atoms with Crippen LogP contribution < -0.4 is 5.73 Å². The van der Waals surface area contributed by atoms with Crippen molar-refractivity contribution >= 4 is 0 Å². The predicted molar refractivity (Wildman–Crippen MR) is 62.9 cm³/mol. The minimum Gasteiger partial charge on any atom is -0.388 e. The van der Waals surface area contributed by atoms with E-state index in [1.807, 2.05) is 0 Å². The number of benzene rings is 1. The summed E-state index contributed by atoms with van der Waals surface area (Å²) in [6.45, 7) is 1.58. The monoisotopic (exact) mass is 239 g/mol. The van der Waals surface area contributed by atoms with Crippen LogP contribution in [0.3, 0.4) is 0 Å². The molecule has 1 heterocycles. The van der Waals surface area contributed by atoms with E-state index in [4.69, 9.17) is 10.5 Å². The van der Waals surface area contributed by atoms with Gasteiger partial charge in [-0.15, -0.1) is 0 Å². The molecule has 1 aliphatic heterocycles. The fraction of sp³-hybridized carbons (Fsp3) is 0.538. The van der Waals surface area contributed by atoms with E-state index in [0.29, 0.717) is 38.2 Å². The quantitative estimate of drug-likeness (QED) is 0.842. The van der Waals surface area contributed by atoms with Crippen LogP contribution in [0.15, 0.2) is 24.3 Å². The maximum absolute atomic E-state index is 13.2. The molecule has 0 unspecified atom stereocenters. The third-order valence-electron chi connectivity index (χ3n) is 3.64. The summed E-state index contributed by atoms with van der Waals surface area (Å²) in [7, 11) is 0. The molecule has 0 aliphatic carbocycles. The highest BCUT2D eigenvalue weighted by atomic mass is 19.1. The lowest BCUT2D eigenvalue weighted by Crippen LogP contribution is -2.41. The van der Waals surface area contributed by atoms with Crippen LogP contribution in [0.4, 0.5) is 4.39 Å². The molecule has 1 fully saturated rings. The average Bonchev–Trinajstić information content (AvgIpc) is 2.38. The van der Waals surface area contributed by atoms with Gasteiger partial charge in [-0.2, -0.15) is 0 Å². The van der Waals surface area contributed by atoms with E-state index in [9.17, 15) is 9.50 Å². The van der Waals surface area contributed by atoms with Crippen LogP contribution in [0.25, 0.3) is 0 Å². The van der Waals surface area contributed by atoms with Gasteiger partial charge in [0, 0.05) is 25.2 Å². The van der Waals surface area contributed by atoms with Gasteiger partial charge >= 0.3 is 0 Å². The van der Waals surface area contributed by atoms with Crippen LogP contribution in [-0.4, -0.2) is 24.9 Å². The van der Waals surface area contributed by atoms with Crippen molar-refractivity contribution < 1.29 is 14.2 Å². The Balaban J connectivity index is 2.24. The van der Waals surface area contributed by atoms with Crippen molar-refractivity contribution in [2.24, 2.45) is 11.1 Å². The second-order valence-electron chi connectivity index (χ2n) is 4.64. The van der Waals surface area contributed by atoms with E-state index >= 15 is 0 Å². The summed E-state index contributed by atoms with van der Waals surface area (Å²) in [6, 6.07) is 6.09. The second-order valence-corrected chi connectivity index (χ2v) is 4.64. The van der Waals surface area contributed by atoms with Crippen molar-refractivity contribution in [2.45, 2.75) is 18.9 Å². The first kappa shape index (κ1) is 12.5. The van der Waals surface area contributed by atoms with Gasteiger partial charge in [0.1, 0.15) is 5.82 Å². The first-order valence-electron chi connectivity index (χ1n) is 5.89. The number of aliphatic hydroxyl groups is 1. The van der Waals surface area contributed by atoms with Crippen LogP contribution in [0, 0.1) is 11.2 Å². The summed E-state index contributed by atoms with van der Waals surface area (Å²) in [5.41, 5.74) is 6.02. The van der Waals surface area contributed by atoms with Crippen LogP contribution >= 0.6 is 0 Å². The minimum absolute atomic E-state index is 0.333. The first-order chi connectivity index (χ1) is 8.18. The van der Waals surface area contributed by atoms with Gasteiger partial charge < -0.3 is 15.6 Å². The Morgan fingerprint density at radius 1 is 1.41 bits per heavy atom. The average molecular weight is 239 g/mol. The van der Waals surface area contributed by atoms with Crippen molar-refractivity contribution in [3.05, 3.63) is 35.6 Å². The van der Waals surface area contributed by atoms with Crippen molar-refractivity contribution in [1.82, 2.24) is 0 Å². The van der Waals surface area contributed by atoms with Gasteiger partial charge in [0.25, 0.3) is 0 Å². The Kier molecular flexibility index (Phi) is 3.76. The molecule has 4 heteroatoms. The van der Waals surface area contributed by atoms with E-state index in [0.717, 1.165) is 0 Å². The number of rotatable bonds is 3. The molecule has 1 aromatic carbocycles. The Labute approximate surface area is 100 Å². The van der Waals surface area contributed by atoms with Crippen LogP contribution in [-0.2, 0) is 4.74 Å². The third kappa shape index (κ3) is 2.49. The fourth-order valence-corrected chi connectivity index (χ4v) is 2.40. The molecule has 17 heavy (non-hydrogen) atoms. The molecule has 3 nitrogen and oxygen atoms in total. The summed E-state index contributed by atoms with van der Waals surface area (Å²) in [5, 5.41) is 10.4. The van der Waals surface area contributed by atoms with Crippen LogP contribution in [0.5, 0.6) is 0 Å². The first-order valence-corrected chi connectivity index (χ1v) is 5.89. The maximum Gasteiger partial charge on any atom is 0.123 e. The number of nitrogens with two attached hydrogens (primary N) is 1. The number of hydrogen-bond donors (Lipinski definition) is 2. The lowest BCUT2D eigenvalue weighted by atomic mass is 9.73. The van der Waals surface area contributed by atoms with E-state index < -0.39 is 6.10 Å². The van der Waals surface area contributed by atoms with E-state index in [-0.39, 0.29) is 11.2 Å². The molecule has 1 aromatic rings. The highest BCUT2D eigenvalue weighted by molar-refractivity contribution is 5.21. The lowest BCUT2D eigenvalue weighted by Gasteiger charge is -2.40. The molecule has 0 amide bonds. The third-order valence-corrected chi connectivity index (χ3v) is 3.64. The summed E-state index contributed by atoms with van der Waals surface area (Å²) in [6.07, 6.45) is 0.689. The van der Waals surface area contributed by atoms with Gasteiger partial charge in [-0.3, -0.25) is 0 Å². The zero-order valence-corrected chi connectivity index (χ0v) is 9.73. The van der Waals surface area contributed by atoms with Gasteiger partial charge in [0.05, 0.1) is 6.10 Å². The molecule has 0 bridgehead atoms. The smallest absolute Gasteiger partial charge is 0.123 e. The molecular weight excluding hydrogens is 221 g/mol. The van der Waals surface area contributed by atoms with Crippen molar-refractivity contribution in [3.8, 4) is 0 Å². The van der Waals surface area contributed by atoms with Crippen LogP contribution in [0.1, 0.15) is 24.5 Å². The van der Waals surface area contributed by atoms with Gasteiger partial charge in [-0.1, -0.05) is 12.1 Å². The van der Waals surface area contributed by atoms with E-state index in [2.05, 4.69) is 0 Å². The topological polar surface area (TPSA) is 55.5 Å². The van der Waals surface area contributed by atoms with Gasteiger partial charge in [-0.25, -0.2) is 4.39 Å². The molecule has 1 saturated heterocycles. The highest BCUT2D eigenvalue weighted by Crippen LogP contribution is 2.41. The fourth-order valence-electron chi connectivity index (χ4n) is 2.40. The lowest BCUT2D eigenvalue weighted by molar-refractivity contribution is -0.0582. The summed E-state index contributed by atoms with van der Waals surface area (Å²) < 4.78 is 18.5. The van der Waals surface area contributed by atoms with Gasteiger partial charge in [-0.05, 0) is 30.5 Å². The standard InChI is InChI=1S/C13H18FNO2/c14-11-3-1-2-10(8-11)12(16)13(9-15)4-6-17-7-5-13/h1-3,8,12,16H,4-7,9,15H2/t12-/m0/s1. The molecule has 94 valence electrons. The number of halogens is 1. The normalized spacial score (nSPS) is 21.1. The predicted octanol–water partition coefficient (Wildman–Crippen LogP) is 1.61. The summed E-state index contributed by atoms with van der Waals surface area (Å²) in [4.78, 5) is 0. The van der Waals surface area contributed by atoms with Crippen molar-refractivity contribution in [1.29, 1.82) is 0 Å². The Bertz CT molecular complexity index is 377. The van der Waals surface area contributed by atoms with E-state index in [1.165, 1.54) is 12.1 Å². The SMILES string of the molecule is NCC1([C@@H](O)c2cccc(F)c2)CCOCC1. The molecule has 0 radical (unpaired) electrons. The molecule has 1 atom stereocenters. The Hall–Kier alpha value is -0.970. The Morgan fingerprint density at radius 2 is 2.12 bits per heavy atom. The largest absolute Gasteiger partial charge is 0.388 e. The number of hydrogen-bond acceptors (Lipinski definition) is 3. The zero-order chi connectivity index (χ0) is 12.3. The summed E-state index contributed by atoms with van der Waals surface area (Å²) in [5.74, 6) is -0.333. The zero-order valence-electron chi connectivity index (χ0n) is 9.73. The number of aliphatic hydroxyl groups excluding tert-OH is 1. The Morgan fingerprint density at radius 3 is 2.71 bits per heavy atom. The molecule has 3 N–H and O–H groups in total. The summed E-state index contributed by atoms with van der Waals surface area (Å²) >= 11 is 0. The molecule has 1 aliphatic rings. The molecular formula is C13H18FNO2. The maximum atomic E-state index is 13.2. The molecule has 2 rings (SSSR count). The molecule has 0 aromatic heterocycles. The van der Waals surface area contributed by atoms with Crippen LogP contribution in [0.2, 0.25) is 0 Å². The molecule has 0 spiro atoms. The van der Waals surface area contributed by atoms with E-state index in [1.54, 1.807) is 12.1 Å².